The van der Waals surface area contributed by atoms with Crippen LogP contribution in [0.3, 0.4) is 0 Å². The molecule has 2 aliphatic rings. The average molecular weight is 344 g/mol. The van der Waals surface area contributed by atoms with Crippen molar-refractivity contribution in [3.63, 3.8) is 0 Å². The van der Waals surface area contributed by atoms with Crippen molar-refractivity contribution in [2.24, 2.45) is 10.9 Å². The largest absolute Gasteiger partial charge is 0.354 e. The lowest BCUT2D eigenvalue weighted by Crippen LogP contribution is -2.56. The summed E-state index contributed by atoms with van der Waals surface area (Å²) in [6.45, 7) is 9.05. The SMILES string of the molecule is CCN1CCN(C(=NCC2CCS(=O)(=O)C2)NC(C)C)CC1=O. The molecule has 1 atom stereocenters. The Hall–Kier alpha value is -1.31. The van der Waals surface area contributed by atoms with Gasteiger partial charge >= 0.3 is 0 Å². The van der Waals surface area contributed by atoms with E-state index in [1.165, 1.54) is 0 Å². The zero-order chi connectivity index (χ0) is 17.0. The molecule has 132 valence electrons. The molecule has 0 aromatic rings. The molecule has 2 saturated heterocycles. The van der Waals surface area contributed by atoms with Gasteiger partial charge in [0.15, 0.2) is 15.8 Å². The number of likely N-dealkylation sites (N-methyl/N-ethyl adjacent to an activating group) is 1. The molecule has 2 rings (SSSR count). The van der Waals surface area contributed by atoms with Crippen molar-refractivity contribution in [2.75, 3.05) is 44.2 Å². The monoisotopic (exact) mass is 344 g/mol. The van der Waals surface area contributed by atoms with Crippen LogP contribution in [0.2, 0.25) is 0 Å². The number of nitrogens with one attached hydrogen (secondary N) is 1. The lowest BCUT2D eigenvalue weighted by molar-refractivity contribution is -0.134. The van der Waals surface area contributed by atoms with E-state index in [1.807, 2.05) is 30.6 Å². The predicted octanol–water partition coefficient (Wildman–Crippen LogP) is -0.0608. The van der Waals surface area contributed by atoms with E-state index in [0.29, 0.717) is 32.0 Å². The highest BCUT2D eigenvalue weighted by Gasteiger charge is 2.29. The fourth-order valence-electron chi connectivity index (χ4n) is 2.95. The van der Waals surface area contributed by atoms with Gasteiger partial charge in [-0.05, 0) is 33.1 Å². The van der Waals surface area contributed by atoms with Gasteiger partial charge in [0.2, 0.25) is 5.91 Å². The number of hydrogen-bond donors (Lipinski definition) is 1. The molecule has 1 amide bonds. The molecule has 0 spiro atoms. The quantitative estimate of drug-likeness (QED) is 0.571. The van der Waals surface area contributed by atoms with Crippen LogP contribution < -0.4 is 5.32 Å². The second-order valence-electron chi connectivity index (χ2n) is 6.63. The fraction of sp³-hybridized carbons (Fsp3) is 0.867. The number of hydrogen-bond acceptors (Lipinski definition) is 4. The van der Waals surface area contributed by atoms with E-state index in [1.54, 1.807) is 0 Å². The van der Waals surface area contributed by atoms with Crippen LogP contribution in [0.1, 0.15) is 27.2 Å². The number of amides is 1. The second-order valence-corrected chi connectivity index (χ2v) is 8.86. The van der Waals surface area contributed by atoms with Crippen molar-refractivity contribution in [3.05, 3.63) is 0 Å². The lowest BCUT2D eigenvalue weighted by Gasteiger charge is -2.36. The molecule has 2 fully saturated rings. The maximum atomic E-state index is 12.1. The van der Waals surface area contributed by atoms with Crippen LogP contribution in [0, 0.1) is 5.92 Å². The van der Waals surface area contributed by atoms with Crippen molar-refractivity contribution in [1.29, 1.82) is 0 Å². The number of nitrogens with zero attached hydrogens (tertiary/aromatic N) is 3. The predicted molar refractivity (Wildman–Crippen MR) is 91.2 cm³/mol. The normalized spacial score (nSPS) is 25.3. The van der Waals surface area contributed by atoms with Gasteiger partial charge in [0.1, 0.15) is 0 Å². The minimum Gasteiger partial charge on any atom is -0.354 e. The Morgan fingerprint density at radius 2 is 2.13 bits per heavy atom. The van der Waals surface area contributed by atoms with E-state index in [2.05, 4.69) is 10.3 Å². The van der Waals surface area contributed by atoms with Crippen molar-refractivity contribution < 1.29 is 13.2 Å². The maximum Gasteiger partial charge on any atom is 0.242 e. The molecule has 2 heterocycles. The molecule has 23 heavy (non-hydrogen) atoms. The third-order valence-electron chi connectivity index (χ3n) is 4.24. The van der Waals surface area contributed by atoms with E-state index in [4.69, 9.17) is 0 Å². The Balaban J connectivity index is 2.02. The minimum absolute atomic E-state index is 0.0941. The van der Waals surface area contributed by atoms with Gasteiger partial charge in [-0.15, -0.1) is 0 Å². The molecule has 0 saturated carbocycles. The van der Waals surface area contributed by atoms with Crippen molar-refractivity contribution in [1.82, 2.24) is 15.1 Å². The summed E-state index contributed by atoms with van der Waals surface area (Å²) >= 11 is 0. The highest BCUT2D eigenvalue weighted by atomic mass is 32.2. The molecule has 0 radical (unpaired) electrons. The average Bonchev–Trinajstić information content (AvgIpc) is 2.82. The zero-order valence-corrected chi connectivity index (χ0v) is 15.1. The first-order valence-corrected chi connectivity index (χ1v) is 10.2. The minimum atomic E-state index is -2.87. The first-order valence-electron chi connectivity index (χ1n) is 8.35. The number of carbonyl (C=O) groups is 1. The molecule has 2 aliphatic heterocycles. The summed E-state index contributed by atoms with van der Waals surface area (Å²) in [6.07, 6.45) is 0.684. The van der Waals surface area contributed by atoms with Gasteiger partial charge in [-0.1, -0.05) is 0 Å². The zero-order valence-electron chi connectivity index (χ0n) is 14.3. The van der Waals surface area contributed by atoms with Crippen molar-refractivity contribution >= 4 is 21.7 Å². The van der Waals surface area contributed by atoms with E-state index in [9.17, 15) is 13.2 Å². The summed E-state index contributed by atoms with van der Waals surface area (Å²) < 4.78 is 23.1. The Labute approximate surface area is 139 Å². The molecule has 1 N–H and O–H groups in total. The Morgan fingerprint density at radius 1 is 1.39 bits per heavy atom. The second kappa shape index (κ2) is 7.51. The Morgan fingerprint density at radius 3 is 2.65 bits per heavy atom. The van der Waals surface area contributed by atoms with Crippen LogP contribution in [0.25, 0.3) is 0 Å². The Kier molecular flexibility index (Phi) is 5.89. The summed E-state index contributed by atoms with van der Waals surface area (Å²) in [6, 6.07) is 0.209. The molecule has 7 nitrogen and oxygen atoms in total. The molecule has 0 aromatic heterocycles. The summed E-state index contributed by atoms with van der Waals surface area (Å²) in [4.78, 5) is 20.5. The van der Waals surface area contributed by atoms with Crippen LogP contribution in [0.4, 0.5) is 0 Å². The summed E-state index contributed by atoms with van der Waals surface area (Å²) in [5, 5.41) is 3.30. The van der Waals surface area contributed by atoms with Gasteiger partial charge in [0.05, 0.1) is 18.1 Å². The summed E-state index contributed by atoms with van der Waals surface area (Å²) in [7, 11) is -2.87. The summed E-state index contributed by atoms with van der Waals surface area (Å²) in [5.74, 6) is 1.42. The van der Waals surface area contributed by atoms with Crippen LogP contribution in [-0.4, -0.2) is 80.4 Å². The molecule has 1 unspecified atom stereocenters. The number of aliphatic imine (C=N–C) groups is 1. The van der Waals surface area contributed by atoms with E-state index >= 15 is 0 Å². The lowest BCUT2D eigenvalue weighted by atomic mass is 10.1. The van der Waals surface area contributed by atoms with Gasteiger partial charge in [-0.3, -0.25) is 9.79 Å². The standard InChI is InChI=1S/C15H28N4O3S/c1-4-18-6-7-19(10-14(18)20)15(17-12(2)3)16-9-13-5-8-23(21,22)11-13/h12-13H,4-11H2,1-3H3,(H,16,17). The van der Waals surface area contributed by atoms with Gasteiger partial charge < -0.3 is 15.1 Å². The third-order valence-corrected chi connectivity index (χ3v) is 6.08. The molecule has 8 heteroatoms. The van der Waals surface area contributed by atoms with Gasteiger partial charge in [-0.2, -0.15) is 0 Å². The molecular weight excluding hydrogens is 316 g/mol. The molecule has 0 aliphatic carbocycles. The van der Waals surface area contributed by atoms with Crippen molar-refractivity contribution in [3.8, 4) is 0 Å². The first kappa shape index (κ1) is 18.0. The fourth-order valence-corrected chi connectivity index (χ4v) is 4.80. The smallest absolute Gasteiger partial charge is 0.242 e. The molecular formula is C15H28N4O3S. The maximum absolute atomic E-state index is 12.1. The van der Waals surface area contributed by atoms with E-state index in [-0.39, 0.29) is 29.4 Å². The first-order chi connectivity index (χ1) is 10.8. The number of rotatable bonds is 4. The molecule has 0 aromatic carbocycles. The van der Waals surface area contributed by atoms with Gasteiger partial charge in [0.25, 0.3) is 0 Å². The van der Waals surface area contributed by atoms with Crippen LogP contribution >= 0.6 is 0 Å². The van der Waals surface area contributed by atoms with Crippen LogP contribution in [0.5, 0.6) is 0 Å². The third kappa shape index (κ3) is 5.09. The van der Waals surface area contributed by atoms with Gasteiger partial charge in [-0.25, -0.2) is 8.42 Å². The van der Waals surface area contributed by atoms with Crippen LogP contribution in [-0.2, 0) is 14.6 Å². The highest BCUT2D eigenvalue weighted by Crippen LogP contribution is 2.18. The molecule has 0 bridgehead atoms. The van der Waals surface area contributed by atoms with E-state index in [0.717, 1.165) is 13.1 Å². The number of carbonyl (C=O) groups excluding carboxylic acids is 1. The van der Waals surface area contributed by atoms with Crippen molar-refractivity contribution in [2.45, 2.75) is 33.2 Å². The number of guanidine groups is 1. The van der Waals surface area contributed by atoms with Crippen LogP contribution in [0.15, 0.2) is 4.99 Å². The van der Waals surface area contributed by atoms with Gasteiger partial charge in [0, 0.05) is 32.2 Å². The highest BCUT2D eigenvalue weighted by molar-refractivity contribution is 7.91. The summed E-state index contributed by atoms with van der Waals surface area (Å²) in [5.41, 5.74) is 0. The Bertz CT molecular complexity index is 559. The topological polar surface area (TPSA) is 82.1 Å². The number of sulfone groups is 1. The van der Waals surface area contributed by atoms with E-state index < -0.39 is 9.84 Å². The number of piperazine rings is 1.